The van der Waals surface area contributed by atoms with Crippen molar-refractivity contribution in [2.45, 2.75) is 17.5 Å². The van der Waals surface area contributed by atoms with Crippen molar-refractivity contribution < 1.29 is 30.8 Å². The molecule has 1 N–H and O–H groups in total. The maximum atomic E-state index is 13.5. The van der Waals surface area contributed by atoms with Crippen LogP contribution in [0.1, 0.15) is 16.8 Å². The Morgan fingerprint density at radius 2 is 1.86 bits per heavy atom. The monoisotopic (exact) mass is 367 g/mol. The van der Waals surface area contributed by atoms with E-state index in [1.54, 1.807) is 0 Å². The number of alkyl halides is 3. The molecule has 0 bridgehead atoms. The van der Waals surface area contributed by atoms with Crippen molar-refractivity contribution in [2.24, 2.45) is 0 Å². The second-order valence-electron chi connectivity index (χ2n) is 3.82. The van der Waals surface area contributed by atoms with Crippen molar-refractivity contribution in [3.8, 4) is 0 Å². The van der Waals surface area contributed by atoms with Gasteiger partial charge in [0.05, 0.1) is 17.0 Å². The Hall–Kier alpha value is -1.06. The number of carbonyl (C=O) groups is 1. The zero-order chi connectivity index (χ0) is 16.4. The molecule has 1 aromatic carbocycles. The van der Waals surface area contributed by atoms with E-state index in [2.05, 4.69) is 0 Å². The van der Waals surface area contributed by atoms with Crippen molar-refractivity contribution >= 4 is 37.2 Å². The Labute approximate surface area is 126 Å². The van der Waals surface area contributed by atoms with Gasteiger partial charge in [0.15, 0.2) is 0 Å². The van der Waals surface area contributed by atoms with Gasteiger partial charge in [0.25, 0.3) is 15.0 Å². The number of halogens is 6. The van der Waals surface area contributed by atoms with Gasteiger partial charge in [0.2, 0.25) is 0 Å². The minimum atomic E-state index is -4.49. The molecule has 0 heterocycles. The number of nitrogens with one attached hydrogen (secondary N) is 1. The average molecular weight is 368 g/mol. The third-order valence-corrected chi connectivity index (χ3v) is 4.01. The molecule has 1 amide bonds. The van der Waals surface area contributed by atoms with E-state index in [1.807, 2.05) is 5.32 Å². The summed E-state index contributed by atoms with van der Waals surface area (Å²) in [6.07, 6.45) is -5.80. The van der Waals surface area contributed by atoms with Crippen molar-refractivity contribution in [3.63, 3.8) is 0 Å². The van der Waals surface area contributed by atoms with Crippen LogP contribution >= 0.6 is 22.3 Å². The number of benzene rings is 1. The van der Waals surface area contributed by atoms with Gasteiger partial charge < -0.3 is 5.32 Å². The number of hydrogen-bond donors (Lipinski definition) is 1. The molecule has 0 radical (unpaired) electrons. The molecule has 0 unspecified atom stereocenters. The SMILES string of the molecule is O=C(NCCC(F)(F)F)c1cc(S(=O)(=O)Cl)c(Cl)cc1F. The molecule has 0 aliphatic heterocycles. The predicted molar refractivity (Wildman–Crippen MR) is 67.5 cm³/mol. The van der Waals surface area contributed by atoms with Crippen molar-refractivity contribution in [1.82, 2.24) is 5.32 Å². The largest absolute Gasteiger partial charge is 0.390 e. The summed E-state index contributed by atoms with van der Waals surface area (Å²) in [5.74, 6) is -2.40. The van der Waals surface area contributed by atoms with Gasteiger partial charge in [0, 0.05) is 17.2 Å². The molecule has 21 heavy (non-hydrogen) atoms. The molecule has 0 aromatic heterocycles. The third kappa shape index (κ3) is 5.33. The molecule has 0 atom stereocenters. The molecular weight excluding hydrogens is 361 g/mol. The summed E-state index contributed by atoms with van der Waals surface area (Å²) in [4.78, 5) is 10.8. The number of hydrogen-bond acceptors (Lipinski definition) is 3. The topological polar surface area (TPSA) is 63.2 Å². The van der Waals surface area contributed by atoms with Gasteiger partial charge in [-0.25, -0.2) is 12.8 Å². The molecule has 0 fully saturated rings. The highest BCUT2D eigenvalue weighted by atomic mass is 35.7. The second kappa shape index (κ2) is 6.37. The zero-order valence-electron chi connectivity index (χ0n) is 9.97. The molecule has 0 aliphatic rings. The van der Waals surface area contributed by atoms with Crippen LogP contribution < -0.4 is 5.32 Å². The lowest BCUT2D eigenvalue weighted by Gasteiger charge is -2.09. The van der Waals surface area contributed by atoms with Crippen LogP contribution in [0.2, 0.25) is 5.02 Å². The zero-order valence-corrected chi connectivity index (χ0v) is 12.3. The Morgan fingerprint density at radius 3 is 2.33 bits per heavy atom. The summed E-state index contributed by atoms with van der Waals surface area (Å²) < 4.78 is 71.6. The Kier molecular flexibility index (Phi) is 5.46. The lowest BCUT2D eigenvalue weighted by Crippen LogP contribution is -2.28. The molecule has 1 aromatic rings. The molecule has 1 rings (SSSR count). The highest BCUT2D eigenvalue weighted by Crippen LogP contribution is 2.27. The lowest BCUT2D eigenvalue weighted by molar-refractivity contribution is -0.132. The Bertz CT molecular complexity index is 661. The van der Waals surface area contributed by atoms with Gasteiger partial charge in [0.1, 0.15) is 10.7 Å². The fourth-order valence-corrected chi connectivity index (χ4v) is 2.81. The van der Waals surface area contributed by atoms with Gasteiger partial charge in [-0.05, 0) is 12.1 Å². The van der Waals surface area contributed by atoms with Gasteiger partial charge in [-0.2, -0.15) is 13.2 Å². The summed E-state index contributed by atoms with van der Waals surface area (Å²) in [6.45, 7) is -0.784. The first-order valence-electron chi connectivity index (χ1n) is 5.20. The summed E-state index contributed by atoms with van der Waals surface area (Å²) in [6, 6.07) is 1.10. The van der Waals surface area contributed by atoms with E-state index >= 15 is 0 Å². The fourth-order valence-electron chi connectivity index (χ4n) is 1.30. The first-order chi connectivity index (χ1) is 9.42. The van der Waals surface area contributed by atoms with Crippen molar-refractivity contribution in [3.05, 3.63) is 28.5 Å². The van der Waals surface area contributed by atoms with E-state index in [0.717, 1.165) is 0 Å². The molecular formula is C10H7Cl2F4NO3S. The highest BCUT2D eigenvalue weighted by Gasteiger charge is 2.27. The van der Waals surface area contributed by atoms with E-state index in [-0.39, 0.29) is 0 Å². The first kappa shape index (κ1) is 18.0. The molecule has 0 spiro atoms. The third-order valence-electron chi connectivity index (χ3n) is 2.22. The molecule has 0 saturated heterocycles. The van der Waals surface area contributed by atoms with E-state index in [9.17, 15) is 30.8 Å². The molecule has 118 valence electrons. The standard InChI is InChI=1S/C10H7Cl2F4NO3S/c11-6-4-7(13)5(3-8(6)21(12,19)20)9(18)17-2-1-10(14,15)16/h3-4H,1-2H2,(H,17,18). The number of rotatable bonds is 4. The average Bonchev–Trinajstić information content (AvgIpc) is 2.24. The molecule has 4 nitrogen and oxygen atoms in total. The number of carbonyl (C=O) groups excluding carboxylic acids is 1. The highest BCUT2D eigenvalue weighted by molar-refractivity contribution is 8.13. The summed E-state index contributed by atoms with van der Waals surface area (Å²) in [5, 5.41) is 1.27. The van der Waals surface area contributed by atoms with E-state index in [4.69, 9.17) is 22.3 Å². The van der Waals surface area contributed by atoms with Crippen LogP contribution in [0.5, 0.6) is 0 Å². The minimum Gasteiger partial charge on any atom is -0.352 e. The van der Waals surface area contributed by atoms with Gasteiger partial charge in [-0.3, -0.25) is 4.79 Å². The smallest absolute Gasteiger partial charge is 0.352 e. The Morgan fingerprint density at radius 1 is 1.29 bits per heavy atom. The van der Waals surface area contributed by atoms with Crippen LogP contribution in [0.3, 0.4) is 0 Å². The van der Waals surface area contributed by atoms with E-state index < -0.39 is 55.4 Å². The van der Waals surface area contributed by atoms with Crippen LogP contribution in [0, 0.1) is 5.82 Å². The van der Waals surface area contributed by atoms with Gasteiger partial charge >= 0.3 is 6.18 Å². The summed E-state index contributed by atoms with van der Waals surface area (Å²) >= 11 is 5.47. The maximum Gasteiger partial charge on any atom is 0.390 e. The van der Waals surface area contributed by atoms with Gasteiger partial charge in [-0.15, -0.1) is 0 Å². The second-order valence-corrected chi connectivity index (χ2v) is 6.76. The van der Waals surface area contributed by atoms with Crippen LogP contribution in [0.4, 0.5) is 17.6 Å². The maximum absolute atomic E-state index is 13.5. The van der Waals surface area contributed by atoms with E-state index in [1.165, 1.54) is 0 Å². The molecule has 0 saturated carbocycles. The Balaban J connectivity index is 3.00. The first-order valence-corrected chi connectivity index (χ1v) is 7.89. The molecule has 0 aliphatic carbocycles. The quantitative estimate of drug-likeness (QED) is 0.656. The van der Waals surface area contributed by atoms with Crippen LogP contribution in [0.25, 0.3) is 0 Å². The van der Waals surface area contributed by atoms with Gasteiger partial charge in [-0.1, -0.05) is 11.6 Å². The predicted octanol–water partition coefficient (Wildman–Crippen LogP) is 3.09. The van der Waals surface area contributed by atoms with Crippen LogP contribution in [0.15, 0.2) is 17.0 Å². The summed E-state index contributed by atoms with van der Waals surface area (Å²) in [5.41, 5.74) is -0.777. The summed E-state index contributed by atoms with van der Waals surface area (Å²) in [7, 11) is 0.705. The number of amides is 1. The van der Waals surface area contributed by atoms with Crippen LogP contribution in [-0.2, 0) is 9.05 Å². The fraction of sp³-hybridized carbons (Fsp3) is 0.300. The normalized spacial score (nSPS) is 12.3. The molecule has 11 heteroatoms. The lowest BCUT2D eigenvalue weighted by atomic mass is 10.2. The van der Waals surface area contributed by atoms with Crippen LogP contribution in [-0.4, -0.2) is 27.0 Å². The minimum absolute atomic E-state index is 0.537. The van der Waals surface area contributed by atoms with E-state index in [0.29, 0.717) is 12.1 Å². The van der Waals surface area contributed by atoms with Crippen molar-refractivity contribution in [2.75, 3.05) is 6.54 Å². The van der Waals surface area contributed by atoms with Crippen molar-refractivity contribution in [1.29, 1.82) is 0 Å².